The van der Waals surface area contributed by atoms with Crippen LogP contribution in [-0.4, -0.2) is 97.2 Å². The van der Waals surface area contributed by atoms with Crippen LogP contribution in [-0.2, 0) is 14.3 Å². The molecular formula is C38H50Cl2N8O4. The molecule has 0 radical (unpaired) electrons. The highest BCUT2D eigenvalue weighted by Crippen LogP contribution is 2.57. The van der Waals surface area contributed by atoms with Crippen molar-refractivity contribution < 1.29 is 19.1 Å². The number of carbonyl (C=O) groups is 2. The van der Waals surface area contributed by atoms with Crippen molar-refractivity contribution in [3.05, 3.63) is 34.3 Å². The van der Waals surface area contributed by atoms with Gasteiger partial charge < -0.3 is 29.0 Å². The van der Waals surface area contributed by atoms with E-state index in [0.29, 0.717) is 61.6 Å². The Morgan fingerprint density at radius 2 is 1.87 bits per heavy atom. The van der Waals surface area contributed by atoms with Crippen molar-refractivity contribution >= 4 is 57.7 Å². The summed E-state index contributed by atoms with van der Waals surface area (Å²) in [6.07, 6.45) is 6.68. The molecule has 2 aromatic heterocycles. The summed E-state index contributed by atoms with van der Waals surface area (Å²) in [5.74, 6) is 1.02. The number of alkyl halides is 1. The highest BCUT2D eigenvalue weighted by atomic mass is 35.5. The second-order valence-corrected chi connectivity index (χ2v) is 17.6. The molecule has 0 N–H and O–H groups in total. The smallest absolute Gasteiger partial charge is 0.410 e. The monoisotopic (exact) mass is 752 g/mol. The molecule has 5 heterocycles. The Labute approximate surface area is 316 Å². The van der Waals surface area contributed by atoms with Gasteiger partial charge in [0.2, 0.25) is 5.91 Å². The van der Waals surface area contributed by atoms with Crippen LogP contribution in [0, 0.1) is 18.9 Å². The number of amides is 2. The Hall–Kier alpha value is -3.53. The van der Waals surface area contributed by atoms with Gasteiger partial charge in [0.05, 0.1) is 27.8 Å². The maximum atomic E-state index is 13.1. The van der Waals surface area contributed by atoms with Crippen molar-refractivity contribution in [2.75, 3.05) is 44.2 Å². The molecule has 2 unspecified atom stereocenters. The number of hydrogen-bond acceptors (Lipinski definition) is 7. The van der Waals surface area contributed by atoms with Gasteiger partial charge in [-0.15, -0.1) is 11.6 Å². The van der Waals surface area contributed by atoms with Crippen molar-refractivity contribution in [1.29, 1.82) is 0 Å². The van der Waals surface area contributed by atoms with E-state index in [0.717, 1.165) is 60.6 Å². The first-order chi connectivity index (χ1) is 24.6. The van der Waals surface area contributed by atoms with E-state index in [1.807, 2.05) is 48.2 Å². The molecule has 4 fully saturated rings. The number of hydrogen-bond donors (Lipinski definition) is 0. The predicted octanol–water partition coefficient (Wildman–Crippen LogP) is 8.13. The Kier molecular flexibility index (Phi) is 9.49. The van der Waals surface area contributed by atoms with Gasteiger partial charge in [0.15, 0.2) is 12.0 Å². The molecule has 0 bridgehead atoms. The Morgan fingerprint density at radius 3 is 2.48 bits per heavy atom. The summed E-state index contributed by atoms with van der Waals surface area (Å²) >= 11 is 13.6. The number of anilines is 1. The zero-order chi connectivity index (χ0) is 37.3. The highest BCUT2D eigenvalue weighted by Gasteiger charge is 2.57. The lowest BCUT2D eigenvalue weighted by molar-refractivity contribution is -0.132. The van der Waals surface area contributed by atoms with Crippen LogP contribution in [0.2, 0.25) is 5.02 Å². The molecule has 52 heavy (non-hydrogen) atoms. The molecule has 3 saturated heterocycles. The normalized spacial score (nSPS) is 24.1. The van der Waals surface area contributed by atoms with Crippen molar-refractivity contribution in [2.45, 2.75) is 116 Å². The summed E-state index contributed by atoms with van der Waals surface area (Å²) in [6.45, 7) is 25.6. The van der Waals surface area contributed by atoms with Crippen molar-refractivity contribution in [1.82, 2.24) is 29.4 Å². The number of piperazine rings is 1. The standard InChI is InChI=1S/C38H50Cl2N8O4/c1-9-37(7)20-44(34(49)24(3)39)13-14-46(37)33-30(29-26-19-42-48(28-12-10-11-15-51-28)27(26)16-23(2)31(29)40)32(41-8)47(43-33)25-17-38(18-25)21-45(22-38)35(50)52-36(4,5)6/h16,19,24-25,28H,9-15,17-18,20-22H2,1-7H3/t24?,28?,37-/m0/s1. The van der Waals surface area contributed by atoms with Gasteiger partial charge in [0.1, 0.15) is 17.0 Å². The van der Waals surface area contributed by atoms with Gasteiger partial charge in [-0.25, -0.2) is 9.48 Å². The lowest BCUT2D eigenvalue weighted by atomic mass is 9.61. The number of nitrogens with zero attached hydrogens (tertiary/aromatic N) is 8. The lowest BCUT2D eigenvalue weighted by Crippen LogP contribution is -2.64. The summed E-state index contributed by atoms with van der Waals surface area (Å²) in [6, 6.07) is 2.03. The molecule has 280 valence electrons. The maximum absolute atomic E-state index is 13.1. The minimum Gasteiger partial charge on any atom is -0.444 e. The average Bonchev–Trinajstić information content (AvgIpc) is 3.64. The first-order valence-electron chi connectivity index (χ1n) is 18.6. The minimum absolute atomic E-state index is 0.0231. The van der Waals surface area contributed by atoms with E-state index in [1.165, 1.54) is 0 Å². The van der Waals surface area contributed by atoms with Crippen molar-refractivity contribution in [3.8, 4) is 11.1 Å². The lowest BCUT2D eigenvalue weighted by Gasteiger charge is -2.57. The second-order valence-electron chi connectivity index (χ2n) is 16.6. The number of aryl methyl sites for hydroxylation is 1. The number of likely N-dealkylation sites (tertiary alicyclic amines) is 1. The molecule has 1 saturated carbocycles. The first kappa shape index (κ1) is 36.8. The van der Waals surface area contributed by atoms with Crippen molar-refractivity contribution in [3.63, 3.8) is 0 Å². The molecule has 1 aliphatic carbocycles. The average molecular weight is 754 g/mol. The number of fused-ring (bicyclic) bond motifs is 1. The minimum atomic E-state index is -0.621. The third kappa shape index (κ3) is 6.30. The summed E-state index contributed by atoms with van der Waals surface area (Å²) in [5.41, 5.74) is 2.14. The molecular weight excluding hydrogens is 703 g/mol. The van der Waals surface area contributed by atoms with Crippen molar-refractivity contribution in [2.24, 2.45) is 5.41 Å². The molecule has 1 aromatic carbocycles. The SMILES string of the molecule is [C-]#[N+]c1c(-c2c(Cl)c(C)cc3c2cnn3C2CCCCO2)c(N2CCN(C(=O)C(C)Cl)C[C@]2(C)CC)nn1C1CC2(C1)CN(C(=O)OC(C)(C)C)C2. The van der Waals surface area contributed by atoms with Crippen LogP contribution in [0.1, 0.15) is 97.9 Å². The largest absolute Gasteiger partial charge is 0.444 e. The van der Waals surface area contributed by atoms with Gasteiger partial charge in [-0.2, -0.15) is 9.78 Å². The van der Waals surface area contributed by atoms with Gasteiger partial charge in [0, 0.05) is 55.7 Å². The third-order valence-electron chi connectivity index (χ3n) is 11.5. The number of aromatic nitrogens is 4. The van der Waals surface area contributed by atoms with E-state index < -0.39 is 16.5 Å². The Bertz CT molecular complexity index is 1920. The molecule has 12 nitrogen and oxygen atoms in total. The van der Waals surface area contributed by atoms with Gasteiger partial charge >= 0.3 is 6.09 Å². The van der Waals surface area contributed by atoms with Crippen LogP contribution in [0.5, 0.6) is 0 Å². The van der Waals surface area contributed by atoms with E-state index >= 15 is 0 Å². The number of rotatable bonds is 6. The number of halogens is 2. The fraction of sp³-hybridized carbons (Fsp3) is 0.658. The first-order valence-corrected chi connectivity index (χ1v) is 19.4. The van der Waals surface area contributed by atoms with Crippen LogP contribution in [0.3, 0.4) is 0 Å². The van der Waals surface area contributed by atoms with Gasteiger partial charge in [0.25, 0.3) is 5.82 Å². The fourth-order valence-electron chi connectivity index (χ4n) is 8.63. The Balaban J connectivity index is 1.32. The topological polar surface area (TPSA) is 102 Å². The van der Waals surface area contributed by atoms with Crippen LogP contribution in [0.4, 0.5) is 16.4 Å². The number of carbonyl (C=O) groups excluding carboxylic acids is 2. The van der Waals surface area contributed by atoms with E-state index in [9.17, 15) is 9.59 Å². The Morgan fingerprint density at radius 1 is 1.13 bits per heavy atom. The predicted molar refractivity (Wildman–Crippen MR) is 202 cm³/mol. The summed E-state index contributed by atoms with van der Waals surface area (Å²) in [7, 11) is 0. The fourth-order valence-corrected chi connectivity index (χ4v) is 9.02. The van der Waals surface area contributed by atoms with E-state index in [4.69, 9.17) is 49.4 Å². The molecule has 1 spiro atoms. The van der Waals surface area contributed by atoms with Crippen LogP contribution >= 0.6 is 23.2 Å². The van der Waals surface area contributed by atoms with Gasteiger partial charge in [-0.05, 0) is 91.7 Å². The zero-order valence-corrected chi connectivity index (χ0v) is 32.9. The molecule has 3 aromatic rings. The molecule has 3 aliphatic heterocycles. The summed E-state index contributed by atoms with van der Waals surface area (Å²) < 4.78 is 15.6. The summed E-state index contributed by atoms with van der Waals surface area (Å²) in [5, 5.41) is 11.0. The molecule has 14 heteroatoms. The number of ether oxygens (including phenoxy) is 2. The highest BCUT2D eigenvalue weighted by molar-refractivity contribution is 6.36. The quantitative estimate of drug-likeness (QED) is 0.185. The van der Waals surface area contributed by atoms with E-state index in [1.54, 1.807) is 11.8 Å². The zero-order valence-electron chi connectivity index (χ0n) is 31.3. The van der Waals surface area contributed by atoms with Crippen LogP contribution < -0.4 is 4.90 Å². The maximum Gasteiger partial charge on any atom is 0.410 e. The van der Waals surface area contributed by atoms with Crippen LogP contribution in [0.25, 0.3) is 26.9 Å². The van der Waals surface area contributed by atoms with Crippen LogP contribution in [0.15, 0.2) is 12.3 Å². The van der Waals surface area contributed by atoms with E-state index in [-0.39, 0.29) is 29.7 Å². The molecule has 7 rings (SSSR count). The second kappa shape index (κ2) is 13.4. The van der Waals surface area contributed by atoms with E-state index in [2.05, 4.69) is 29.7 Å². The molecule has 3 atom stereocenters. The van der Waals surface area contributed by atoms with Gasteiger partial charge in [-0.3, -0.25) is 4.79 Å². The molecule has 4 aliphatic rings. The molecule has 2 amide bonds. The third-order valence-corrected chi connectivity index (χ3v) is 12.2. The summed E-state index contributed by atoms with van der Waals surface area (Å²) in [4.78, 5) is 35.9. The number of benzene rings is 1. The van der Waals surface area contributed by atoms with Gasteiger partial charge in [-0.1, -0.05) is 30.2 Å².